The zero-order valence-corrected chi connectivity index (χ0v) is 9.33. The largest absolute Gasteiger partial charge is 0.481 e. The summed E-state index contributed by atoms with van der Waals surface area (Å²) in [6.45, 7) is 4.20. The first-order chi connectivity index (χ1) is 6.59. The number of hydrogen-bond donors (Lipinski definition) is 1. The van der Waals surface area contributed by atoms with Crippen LogP contribution in [0.25, 0.3) is 0 Å². The van der Waals surface area contributed by atoms with Gasteiger partial charge in [-0.3, -0.25) is 4.79 Å². The Morgan fingerprint density at radius 1 is 1.36 bits per heavy atom. The van der Waals surface area contributed by atoms with E-state index in [1.165, 1.54) is 25.7 Å². The van der Waals surface area contributed by atoms with Gasteiger partial charge in [0.05, 0.1) is 5.92 Å². The van der Waals surface area contributed by atoms with Crippen LogP contribution in [0.2, 0.25) is 0 Å². The Labute approximate surface area is 86.7 Å². The van der Waals surface area contributed by atoms with Gasteiger partial charge in [-0.1, -0.05) is 39.5 Å². The van der Waals surface area contributed by atoms with Gasteiger partial charge in [-0.15, -0.1) is 0 Å². The van der Waals surface area contributed by atoms with Crippen LogP contribution in [-0.2, 0) is 4.79 Å². The molecule has 1 rings (SSSR count). The van der Waals surface area contributed by atoms with Gasteiger partial charge >= 0.3 is 5.97 Å². The van der Waals surface area contributed by atoms with Crippen LogP contribution in [0.1, 0.15) is 52.4 Å². The second-order valence-electron chi connectivity index (χ2n) is 5.05. The Morgan fingerprint density at radius 3 is 2.36 bits per heavy atom. The molecular weight excluding hydrogens is 176 g/mol. The van der Waals surface area contributed by atoms with E-state index in [0.717, 1.165) is 12.8 Å². The Bertz CT molecular complexity index is 181. The van der Waals surface area contributed by atoms with Crippen molar-refractivity contribution in [1.29, 1.82) is 0 Å². The highest BCUT2D eigenvalue weighted by molar-refractivity contribution is 5.69. The summed E-state index contributed by atoms with van der Waals surface area (Å²) in [6.07, 6.45) is 6.86. The van der Waals surface area contributed by atoms with Gasteiger partial charge in [0.15, 0.2) is 0 Å². The van der Waals surface area contributed by atoms with E-state index in [-0.39, 0.29) is 5.92 Å². The summed E-state index contributed by atoms with van der Waals surface area (Å²) < 4.78 is 0. The van der Waals surface area contributed by atoms with Crippen LogP contribution in [0.5, 0.6) is 0 Å². The van der Waals surface area contributed by atoms with Crippen molar-refractivity contribution in [3.05, 3.63) is 0 Å². The third-order valence-corrected chi connectivity index (χ3v) is 3.20. The molecule has 14 heavy (non-hydrogen) atoms. The second-order valence-corrected chi connectivity index (χ2v) is 5.05. The normalized spacial score (nSPS) is 20.2. The average Bonchev–Trinajstić information content (AvgIpc) is 2.54. The Balaban J connectivity index is 2.37. The molecule has 2 heteroatoms. The molecule has 0 aromatic heterocycles. The molecule has 1 aliphatic rings. The fourth-order valence-corrected chi connectivity index (χ4v) is 2.52. The van der Waals surface area contributed by atoms with E-state index in [1.54, 1.807) is 0 Å². The lowest BCUT2D eigenvalue weighted by molar-refractivity contribution is -0.143. The molecule has 0 saturated heterocycles. The zero-order valence-electron chi connectivity index (χ0n) is 9.33. The van der Waals surface area contributed by atoms with Crippen LogP contribution in [0.4, 0.5) is 0 Å². The van der Waals surface area contributed by atoms with Crippen LogP contribution in [0, 0.1) is 17.8 Å². The molecule has 0 aliphatic heterocycles. The van der Waals surface area contributed by atoms with E-state index in [4.69, 9.17) is 5.11 Å². The summed E-state index contributed by atoms with van der Waals surface area (Å²) in [5.41, 5.74) is 0. The maximum absolute atomic E-state index is 11.0. The minimum absolute atomic E-state index is 0.0990. The molecule has 1 N–H and O–H groups in total. The molecule has 2 nitrogen and oxygen atoms in total. The fraction of sp³-hybridized carbons (Fsp3) is 0.917. The van der Waals surface area contributed by atoms with Crippen molar-refractivity contribution in [1.82, 2.24) is 0 Å². The summed E-state index contributed by atoms with van der Waals surface area (Å²) in [4.78, 5) is 11.0. The van der Waals surface area contributed by atoms with Gasteiger partial charge in [0.2, 0.25) is 0 Å². The number of hydrogen-bond acceptors (Lipinski definition) is 1. The molecule has 1 unspecified atom stereocenters. The first kappa shape index (κ1) is 11.5. The van der Waals surface area contributed by atoms with E-state index in [9.17, 15) is 4.79 Å². The zero-order chi connectivity index (χ0) is 10.6. The smallest absolute Gasteiger partial charge is 0.306 e. The first-order valence-electron chi connectivity index (χ1n) is 5.82. The predicted octanol–water partition coefficient (Wildman–Crippen LogP) is 3.31. The molecule has 0 amide bonds. The minimum atomic E-state index is -0.592. The van der Waals surface area contributed by atoms with Crippen LogP contribution >= 0.6 is 0 Å². The number of aliphatic carboxylic acids is 1. The fourth-order valence-electron chi connectivity index (χ4n) is 2.52. The van der Waals surface area contributed by atoms with E-state index >= 15 is 0 Å². The molecule has 0 spiro atoms. The van der Waals surface area contributed by atoms with E-state index in [1.807, 2.05) is 0 Å². The summed E-state index contributed by atoms with van der Waals surface area (Å²) in [5, 5.41) is 9.08. The van der Waals surface area contributed by atoms with E-state index < -0.39 is 5.97 Å². The lowest BCUT2D eigenvalue weighted by atomic mass is 9.87. The van der Waals surface area contributed by atoms with Gasteiger partial charge in [0, 0.05) is 0 Å². The molecule has 1 atom stereocenters. The third kappa shape index (κ3) is 3.69. The summed E-state index contributed by atoms with van der Waals surface area (Å²) in [6, 6.07) is 0. The van der Waals surface area contributed by atoms with Gasteiger partial charge in [-0.2, -0.15) is 0 Å². The molecule has 0 bridgehead atoms. The van der Waals surface area contributed by atoms with Crippen LogP contribution < -0.4 is 0 Å². The minimum Gasteiger partial charge on any atom is -0.481 e. The van der Waals surface area contributed by atoms with Crippen molar-refractivity contribution < 1.29 is 9.90 Å². The van der Waals surface area contributed by atoms with Crippen molar-refractivity contribution in [2.75, 3.05) is 0 Å². The Hall–Kier alpha value is -0.530. The molecule has 0 aromatic rings. The number of rotatable bonds is 5. The number of carbonyl (C=O) groups is 1. The molecule has 0 aromatic carbocycles. The second kappa shape index (κ2) is 5.38. The van der Waals surface area contributed by atoms with Crippen molar-refractivity contribution in [3.8, 4) is 0 Å². The van der Waals surface area contributed by atoms with E-state index in [2.05, 4.69) is 13.8 Å². The highest BCUT2D eigenvalue weighted by Crippen LogP contribution is 2.32. The quantitative estimate of drug-likeness (QED) is 0.735. The highest BCUT2D eigenvalue weighted by Gasteiger charge is 2.25. The number of carboxylic acids is 1. The van der Waals surface area contributed by atoms with Crippen LogP contribution in [0.15, 0.2) is 0 Å². The molecule has 1 fully saturated rings. The molecule has 1 aliphatic carbocycles. The first-order valence-corrected chi connectivity index (χ1v) is 5.82. The van der Waals surface area contributed by atoms with Gasteiger partial charge in [0.25, 0.3) is 0 Å². The summed E-state index contributed by atoms with van der Waals surface area (Å²) >= 11 is 0. The standard InChI is InChI=1S/C12H22O2/c1-9(2)7-11(12(13)14)8-10-5-3-4-6-10/h9-11H,3-8H2,1-2H3,(H,13,14). The molecule has 0 heterocycles. The lowest BCUT2D eigenvalue weighted by Gasteiger charge is -2.18. The summed E-state index contributed by atoms with van der Waals surface area (Å²) in [7, 11) is 0. The third-order valence-electron chi connectivity index (χ3n) is 3.20. The average molecular weight is 198 g/mol. The van der Waals surface area contributed by atoms with Gasteiger partial charge in [0.1, 0.15) is 0 Å². The van der Waals surface area contributed by atoms with E-state index in [0.29, 0.717) is 11.8 Å². The van der Waals surface area contributed by atoms with Crippen molar-refractivity contribution in [2.24, 2.45) is 17.8 Å². The number of carboxylic acid groups (broad SMARTS) is 1. The van der Waals surface area contributed by atoms with Crippen molar-refractivity contribution in [3.63, 3.8) is 0 Å². The summed E-state index contributed by atoms with van der Waals surface area (Å²) in [5.74, 6) is 0.496. The monoisotopic (exact) mass is 198 g/mol. The molecule has 82 valence electrons. The van der Waals surface area contributed by atoms with Crippen molar-refractivity contribution >= 4 is 5.97 Å². The Kier molecular flexibility index (Phi) is 4.43. The van der Waals surface area contributed by atoms with Gasteiger partial charge in [-0.05, 0) is 24.7 Å². The maximum atomic E-state index is 11.0. The van der Waals surface area contributed by atoms with Crippen LogP contribution in [-0.4, -0.2) is 11.1 Å². The molecular formula is C12H22O2. The topological polar surface area (TPSA) is 37.3 Å². The maximum Gasteiger partial charge on any atom is 0.306 e. The highest BCUT2D eigenvalue weighted by atomic mass is 16.4. The van der Waals surface area contributed by atoms with Crippen LogP contribution in [0.3, 0.4) is 0 Å². The Morgan fingerprint density at radius 2 is 1.93 bits per heavy atom. The van der Waals surface area contributed by atoms with Gasteiger partial charge < -0.3 is 5.11 Å². The SMILES string of the molecule is CC(C)CC(CC1CCCC1)C(=O)O. The van der Waals surface area contributed by atoms with Crippen molar-refractivity contribution in [2.45, 2.75) is 52.4 Å². The lowest BCUT2D eigenvalue weighted by Crippen LogP contribution is -2.18. The molecule has 1 saturated carbocycles. The molecule has 0 radical (unpaired) electrons. The predicted molar refractivity (Wildman–Crippen MR) is 57.2 cm³/mol. The van der Waals surface area contributed by atoms with Gasteiger partial charge in [-0.25, -0.2) is 0 Å².